The van der Waals surface area contributed by atoms with E-state index in [0.717, 1.165) is 22.3 Å². The van der Waals surface area contributed by atoms with E-state index in [1.54, 1.807) is 0 Å². The number of pyridine rings is 1. The number of nitrogens with zero attached hydrogens (tertiary/aromatic N) is 2. The van der Waals surface area contributed by atoms with Crippen molar-refractivity contribution in [2.75, 3.05) is 5.43 Å². The first-order chi connectivity index (χ1) is 8.58. The minimum Gasteiger partial charge on any atom is -0.543 e. The molecule has 0 fully saturated rings. The molecule has 1 aromatic heterocycles. The molecule has 2 rings (SSSR count). The van der Waals surface area contributed by atoms with Crippen LogP contribution in [0.1, 0.15) is 12.6 Å². The third-order valence-electron chi connectivity index (χ3n) is 2.48. The van der Waals surface area contributed by atoms with E-state index in [0.29, 0.717) is 0 Å². The molecule has 0 unspecified atom stereocenters. The molecule has 0 spiro atoms. The number of aromatic nitrogens is 1. The van der Waals surface area contributed by atoms with Crippen LogP contribution in [0.15, 0.2) is 35.4 Å². The van der Waals surface area contributed by atoms with Gasteiger partial charge in [0.25, 0.3) is 0 Å². The zero-order valence-electron chi connectivity index (χ0n) is 11.1. The van der Waals surface area contributed by atoms with Gasteiger partial charge < -0.3 is 9.90 Å². The average molecular weight is 281 g/mol. The van der Waals surface area contributed by atoms with Gasteiger partial charge in [-0.1, -0.05) is 18.2 Å². The SMILES string of the molecule is C/C(=N\Nc1cc(C)nc2ccccc12)C(=O)[O-].[K+]. The van der Waals surface area contributed by atoms with Gasteiger partial charge in [0.05, 0.1) is 22.9 Å². The van der Waals surface area contributed by atoms with Crippen molar-refractivity contribution < 1.29 is 61.3 Å². The Balaban J connectivity index is 0.00000180. The van der Waals surface area contributed by atoms with E-state index < -0.39 is 5.97 Å². The number of hydrogen-bond donors (Lipinski definition) is 1. The topological polar surface area (TPSA) is 77.4 Å². The fourth-order valence-corrected chi connectivity index (χ4v) is 1.59. The maximum Gasteiger partial charge on any atom is 1.00 e. The molecule has 2 aromatic rings. The van der Waals surface area contributed by atoms with Crippen LogP contribution in [0.4, 0.5) is 5.69 Å². The Morgan fingerprint density at radius 3 is 2.74 bits per heavy atom. The number of hydrazone groups is 1. The first kappa shape index (κ1) is 16.3. The number of rotatable bonds is 3. The number of carbonyl (C=O) groups is 1. The normalized spacial score (nSPS) is 10.9. The number of carboxylic acid groups (broad SMARTS) is 1. The summed E-state index contributed by atoms with van der Waals surface area (Å²) < 4.78 is 0. The van der Waals surface area contributed by atoms with Crippen LogP contribution in [-0.2, 0) is 4.79 Å². The fraction of sp³-hybridized carbons (Fsp3) is 0.154. The summed E-state index contributed by atoms with van der Waals surface area (Å²) in [7, 11) is 0. The Hall–Kier alpha value is -0.794. The summed E-state index contributed by atoms with van der Waals surface area (Å²) in [6, 6.07) is 9.39. The molecule has 0 atom stereocenters. The number of fused-ring (bicyclic) bond motifs is 1. The number of hydrogen-bond acceptors (Lipinski definition) is 5. The van der Waals surface area contributed by atoms with Gasteiger partial charge in [0.15, 0.2) is 0 Å². The number of carboxylic acids is 1. The minimum atomic E-state index is -1.29. The van der Waals surface area contributed by atoms with Gasteiger partial charge in [-0.2, -0.15) is 5.10 Å². The monoisotopic (exact) mass is 281 g/mol. The minimum absolute atomic E-state index is 0. The van der Waals surface area contributed by atoms with E-state index in [1.165, 1.54) is 6.92 Å². The van der Waals surface area contributed by atoms with Crippen LogP contribution in [0, 0.1) is 6.92 Å². The summed E-state index contributed by atoms with van der Waals surface area (Å²) >= 11 is 0. The maximum atomic E-state index is 10.6. The van der Waals surface area contributed by atoms with Crippen LogP contribution in [0.2, 0.25) is 0 Å². The van der Waals surface area contributed by atoms with Gasteiger partial charge in [-0.15, -0.1) is 0 Å². The van der Waals surface area contributed by atoms with E-state index in [1.807, 2.05) is 37.3 Å². The zero-order chi connectivity index (χ0) is 13.1. The van der Waals surface area contributed by atoms with E-state index in [-0.39, 0.29) is 57.1 Å². The first-order valence-electron chi connectivity index (χ1n) is 5.46. The molecule has 6 heteroatoms. The number of para-hydroxylation sites is 1. The number of carbonyl (C=O) groups excluding carboxylic acids is 1. The zero-order valence-corrected chi connectivity index (χ0v) is 14.2. The van der Waals surface area contributed by atoms with Crippen LogP contribution >= 0.6 is 0 Å². The van der Waals surface area contributed by atoms with Gasteiger partial charge in [0.2, 0.25) is 0 Å². The largest absolute Gasteiger partial charge is 1.00 e. The second-order valence-corrected chi connectivity index (χ2v) is 3.92. The van der Waals surface area contributed by atoms with Crippen molar-refractivity contribution in [3.05, 3.63) is 36.0 Å². The Kier molecular flexibility index (Phi) is 6.09. The predicted molar refractivity (Wildman–Crippen MR) is 68.2 cm³/mol. The number of anilines is 1. The van der Waals surface area contributed by atoms with Crippen molar-refractivity contribution >= 4 is 28.3 Å². The number of benzene rings is 1. The Bertz CT molecular complexity index is 641. The Labute approximate surface area is 153 Å². The van der Waals surface area contributed by atoms with Gasteiger partial charge in [0, 0.05) is 11.1 Å². The van der Waals surface area contributed by atoms with Gasteiger partial charge >= 0.3 is 51.4 Å². The first-order valence-corrected chi connectivity index (χ1v) is 5.46. The van der Waals surface area contributed by atoms with Gasteiger partial charge in [-0.25, -0.2) is 0 Å². The standard InChI is InChI=1S/C13H13N3O2.K/c1-8-7-12(16-15-9(2)13(17)18)10-5-3-4-6-11(10)14-8;/h3-7H,1-2H3,(H,14,16)(H,17,18);/q;+1/p-1/b15-9+;. The van der Waals surface area contributed by atoms with Crippen molar-refractivity contribution in [1.82, 2.24) is 4.98 Å². The summed E-state index contributed by atoms with van der Waals surface area (Å²) in [5.74, 6) is -1.29. The third kappa shape index (κ3) is 4.09. The number of nitrogens with one attached hydrogen (secondary N) is 1. The summed E-state index contributed by atoms with van der Waals surface area (Å²) in [5, 5.41) is 15.2. The van der Waals surface area contributed by atoms with Gasteiger partial charge in [-0.3, -0.25) is 10.4 Å². The molecule has 1 aromatic carbocycles. The molecule has 0 bridgehead atoms. The summed E-state index contributed by atoms with van der Waals surface area (Å²) in [4.78, 5) is 14.9. The second kappa shape index (κ2) is 7.11. The van der Waals surface area contributed by atoms with Crippen LogP contribution < -0.4 is 61.9 Å². The molecule has 0 amide bonds. The molecular weight excluding hydrogens is 269 g/mol. The molecule has 0 aliphatic rings. The van der Waals surface area contributed by atoms with Crippen molar-refractivity contribution in [2.45, 2.75) is 13.8 Å². The quantitative estimate of drug-likeness (QED) is 0.404. The molecule has 1 heterocycles. The fourth-order valence-electron chi connectivity index (χ4n) is 1.59. The molecule has 0 saturated heterocycles. The molecule has 19 heavy (non-hydrogen) atoms. The van der Waals surface area contributed by atoms with Crippen molar-refractivity contribution in [2.24, 2.45) is 5.10 Å². The molecule has 0 saturated carbocycles. The van der Waals surface area contributed by atoms with E-state index in [4.69, 9.17) is 0 Å². The van der Waals surface area contributed by atoms with Crippen LogP contribution in [0.5, 0.6) is 0 Å². The van der Waals surface area contributed by atoms with Gasteiger partial charge in [-0.05, 0) is 26.0 Å². The van der Waals surface area contributed by atoms with Crippen LogP contribution in [0.3, 0.4) is 0 Å². The van der Waals surface area contributed by atoms with E-state index >= 15 is 0 Å². The van der Waals surface area contributed by atoms with E-state index in [2.05, 4.69) is 15.5 Å². The summed E-state index contributed by atoms with van der Waals surface area (Å²) in [5.41, 5.74) is 5.02. The summed E-state index contributed by atoms with van der Waals surface area (Å²) in [6.07, 6.45) is 0. The molecule has 1 N–H and O–H groups in total. The maximum absolute atomic E-state index is 10.6. The molecule has 0 radical (unpaired) electrons. The second-order valence-electron chi connectivity index (χ2n) is 3.92. The van der Waals surface area contributed by atoms with Gasteiger partial charge in [0.1, 0.15) is 0 Å². The van der Waals surface area contributed by atoms with Crippen molar-refractivity contribution in [3.63, 3.8) is 0 Å². The molecule has 0 aliphatic heterocycles. The number of aliphatic carboxylic acids is 1. The van der Waals surface area contributed by atoms with Crippen molar-refractivity contribution in [1.29, 1.82) is 0 Å². The van der Waals surface area contributed by atoms with E-state index in [9.17, 15) is 9.90 Å². The molecule has 0 aliphatic carbocycles. The van der Waals surface area contributed by atoms with Crippen LogP contribution in [-0.4, -0.2) is 16.7 Å². The Morgan fingerprint density at radius 1 is 1.37 bits per heavy atom. The molecule has 92 valence electrons. The third-order valence-corrected chi connectivity index (χ3v) is 2.48. The average Bonchev–Trinajstić information content (AvgIpc) is 2.35. The smallest absolute Gasteiger partial charge is 0.543 e. The Morgan fingerprint density at radius 2 is 2.05 bits per heavy atom. The molecule has 5 nitrogen and oxygen atoms in total. The summed E-state index contributed by atoms with van der Waals surface area (Å²) in [6.45, 7) is 3.24. The van der Waals surface area contributed by atoms with Crippen molar-refractivity contribution in [3.8, 4) is 0 Å². The molecular formula is C13H12KN3O2. The number of aryl methyl sites for hydroxylation is 1. The predicted octanol–water partition coefficient (Wildman–Crippen LogP) is -1.92. The van der Waals surface area contributed by atoms with Crippen LogP contribution in [0.25, 0.3) is 10.9 Å².